The van der Waals surface area contributed by atoms with E-state index in [0.717, 1.165) is 16.0 Å². The predicted molar refractivity (Wildman–Crippen MR) is 114 cm³/mol. The summed E-state index contributed by atoms with van der Waals surface area (Å²) in [7, 11) is 0. The van der Waals surface area contributed by atoms with Gasteiger partial charge in [-0.2, -0.15) is 5.10 Å². The lowest BCUT2D eigenvalue weighted by atomic mass is 10.0. The Morgan fingerprint density at radius 2 is 1.93 bits per heavy atom. The lowest BCUT2D eigenvalue weighted by molar-refractivity contribution is 0.0956. The average Bonchev–Trinajstić information content (AvgIpc) is 3.12. The molecule has 2 heterocycles. The lowest BCUT2D eigenvalue weighted by Crippen LogP contribution is -2.18. The Kier molecular flexibility index (Phi) is 5.14. The highest BCUT2D eigenvalue weighted by atomic mass is 35.5. The fourth-order valence-corrected chi connectivity index (χ4v) is 3.62. The first kappa shape index (κ1) is 18.3. The van der Waals surface area contributed by atoms with Crippen molar-refractivity contribution in [2.75, 3.05) is 0 Å². The number of carbonyl (C=O) groups is 1. The highest BCUT2D eigenvalue weighted by molar-refractivity contribution is 7.09. The molecule has 138 valence electrons. The van der Waals surface area contributed by atoms with Crippen LogP contribution >= 0.6 is 22.9 Å². The van der Waals surface area contributed by atoms with E-state index in [1.54, 1.807) is 12.1 Å². The molecule has 0 aliphatic heterocycles. The van der Waals surface area contributed by atoms with Crippen LogP contribution in [0.25, 0.3) is 22.2 Å². The molecule has 1 amide bonds. The third-order valence-electron chi connectivity index (χ3n) is 4.11. The van der Waals surface area contributed by atoms with Gasteiger partial charge in [-0.15, -0.1) is 11.3 Å². The third-order valence-corrected chi connectivity index (χ3v) is 5.23. The van der Waals surface area contributed by atoms with Crippen molar-refractivity contribution in [3.05, 3.63) is 81.3 Å². The van der Waals surface area contributed by atoms with Crippen molar-refractivity contribution in [3.63, 3.8) is 0 Å². The first-order valence-electron chi connectivity index (χ1n) is 8.52. The smallest absolute Gasteiger partial charge is 0.267 e. The van der Waals surface area contributed by atoms with E-state index in [9.17, 15) is 4.79 Å². The Hall–Kier alpha value is -3.09. The molecule has 0 fully saturated rings. The van der Waals surface area contributed by atoms with Crippen molar-refractivity contribution in [1.82, 2.24) is 15.4 Å². The Morgan fingerprint density at radius 3 is 2.71 bits per heavy atom. The molecule has 0 unspecified atom stereocenters. The first-order chi connectivity index (χ1) is 13.6. The summed E-state index contributed by atoms with van der Waals surface area (Å²) in [6, 6.07) is 16.6. The van der Waals surface area contributed by atoms with E-state index in [0.29, 0.717) is 27.5 Å². The second-order valence-corrected chi connectivity index (χ2v) is 7.51. The number of hydrazone groups is 1. The Balaban J connectivity index is 1.71. The molecule has 7 heteroatoms. The maximum atomic E-state index is 12.8. The van der Waals surface area contributed by atoms with Crippen molar-refractivity contribution >= 4 is 46.0 Å². The van der Waals surface area contributed by atoms with Crippen molar-refractivity contribution in [2.24, 2.45) is 5.10 Å². The minimum absolute atomic E-state index is 0.324. The lowest BCUT2D eigenvalue weighted by Gasteiger charge is -2.10. The number of hydrogen-bond acceptors (Lipinski definition) is 5. The van der Waals surface area contributed by atoms with Gasteiger partial charge in [-0.05, 0) is 25.1 Å². The summed E-state index contributed by atoms with van der Waals surface area (Å²) in [5.74, 6) is -0.324. The van der Waals surface area contributed by atoms with E-state index in [1.807, 2.05) is 54.8 Å². The average molecular weight is 407 g/mol. The quantitative estimate of drug-likeness (QED) is 0.379. The van der Waals surface area contributed by atoms with E-state index >= 15 is 0 Å². The van der Waals surface area contributed by atoms with Gasteiger partial charge in [0.25, 0.3) is 5.91 Å². The summed E-state index contributed by atoms with van der Waals surface area (Å²) in [4.78, 5) is 21.8. The Morgan fingerprint density at radius 1 is 1.14 bits per heavy atom. The zero-order valence-corrected chi connectivity index (χ0v) is 16.5. The molecule has 2 aromatic heterocycles. The number of nitrogens with zero attached hydrogens (tertiary/aromatic N) is 3. The van der Waals surface area contributed by atoms with Gasteiger partial charge in [-0.1, -0.05) is 48.0 Å². The third kappa shape index (κ3) is 3.78. The number of para-hydroxylation sites is 1. The van der Waals surface area contributed by atoms with Crippen LogP contribution in [0.5, 0.6) is 0 Å². The van der Waals surface area contributed by atoms with E-state index in [1.165, 1.54) is 17.6 Å². The van der Waals surface area contributed by atoms with Crippen molar-refractivity contribution in [3.8, 4) is 11.3 Å². The van der Waals surface area contributed by atoms with Gasteiger partial charge in [0.15, 0.2) is 0 Å². The number of rotatable bonds is 4. The summed E-state index contributed by atoms with van der Waals surface area (Å²) in [5, 5.41) is 8.17. The second kappa shape index (κ2) is 7.88. The molecule has 0 radical (unpaired) electrons. The number of aromatic nitrogens is 2. The number of thiazole rings is 1. The van der Waals surface area contributed by atoms with Crippen LogP contribution in [0.4, 0.5) is 0 Å². The second-order valence-electron chi connectivity index (χ2n) is 6.04. The molecule has 0 atom stereocenters. The summed E-state index contributed by atoms with van der Waals surface area (Å²) < 4.78 is 0. The van der Waals surface area contributed by atoms with Crippen LogP contribution in [0.3, 0.4) is 0 Å². The first-order valence-corrected chi connectivity index (χ1v) is 9.78. The van der Waals surface area contributed by atoms with Crippen molar-refractivity contribution < 1.29 is 4.79 Å². The SMILES string of the molecule is Cc1nc(/C=N\NC(=O)c2cc(-c3ccccc3Cl)nc3ccccc23)cs1. The number of fused-ring (bicyclic) bond motifs is 1. The summed E-state index contributed by atoms with van der Waals surface area (Å²) in [6.07, 6.45) is 1.53. The number of pyridine rings is 1. The molecular weight excluding hydrogens is 392 g/mol. The minimum Gasteiger partial charge on any atom is -0.267 e. The van der Waals surface area contributed by atoms with E-state index in [-0.39, 0.29) is 5.91 Å². The van der Waals surface area contributed by atoms with Crippen LogP contribution in [0.1, 0.15) is 21.1 Å². The predicted octanol–water partition coefficient (Wildman–Crippen LogP) is 5.08. The zero-order chi connectivity index (χ0) is 19.5. The molecule has 1 N–H and O–H groups in total. The maximum Gasteiger partial charge on any atom is 0.272 e. The van der Waals surface area contributed by atoms with Crippen LogP contribution in [0, 0.1) is 6.92 Å². The van der Waals surface area contributed by atoms with Gasteiger partial charge in [0.2, 0.25) is 0 Å². The van der Waals surface area contributed by atoms with E-state index < -0.39 is 0 Å². The molecule has 2 aromatic carbocycles. The van der Waals surface area contributed by atoms with Crippen molar-refractivity contribution in [1.29, 1.82) is 0 Å². The van der Waals surface area contributed by atoms with Gasteiger partial charge in [0.05, 0.1) is 33.7 Å². The molecule has 4 rings (SSSR count). The molecule has 28 heavy (non-hydrogen) atoms. The molecular formula is C21H15ClN4OS. The number of aryl methyl sites for hydroxylation is 1. The number of hydrogen-bond donors (Lipinski definition) is 1. The monoisotopic (exact) mass is 406 g/mol. The van der Waals surface area contributed by atoms with Gasteiger partial charge in [-0.3, -0.25) is 4.79 Å². The zero-order valence-electron chi connectivity index (χ0n) is 14.9. The summed E-state index contributed by atoms with van der Waals surface area (Å²) in [5.41, 5.74) is 5.88. The number of carbonyl (C=O) groups excluding carboxylic acids is 1. The molecule has 0 saturated heterocycles. The summed E-state index contributed by atoms with van der Waals surface area (Å²) >= 11 is 7.85. The normalized spacial score (nSPS) is 11.2. The Bertz CT molecular complexity index is 1200. The van der Waals surface area contributed by atoms with Gasteiger partial charge >= 0.3 is 0 Å². The molecule has 5 nitrogen and oxygen atoms in total. The van der Waals surface area contributed by atoms with Gasteiger partial charge in [-0.25, -0.2) is 15.4 Å². The number of halogens is 1. The molecule has 0 saturated carbocycles. The molecule has 0 aliphatic carbocycles. The fraction of sp³-hybridized carbons (Fsp3) is 0.0476. The molecule has 0 aliphatic rings. The minimum atomic E-state index is -0.324. The fourth-order valence-electron chi connectivity index (χ4n) is 2.83. The number of benzene rings is 2. The highest BCUT2D eigenvalue weighted by Gasteiger charge is 2.14. The van der Waals surface area contributed by atoms with Gasteiger partial charge < -0.3 is 0 Å². The summed E-state index contributed by atoms with van der Waals surface area (Å²) in [6.45, 7) is 1.92. The molecule has 4 aromatic rings. The molecule has 0 bridgehead atoms. The largest absolute Gasteiger partial charge is 0.272 e. The van der Waals surface area contributed by atoms with Crippen molar-refractivity contribution in [2.45, 2.75) is 6.92 Å². The number of nitrogens with one attached hydrogen (secondary N) is 1. The van der Waals surface area contributed by atoms with Crippen LogP contribution in [0.15, 0.2) is 65.1 Å². The molecule has 0 spiro atoms. The Labute approximate surface area is 170 Å². The van der Waals surface area contributed by atoms with Gasteiger partial charge in [0.1, 0.15) is 0 Å². The number of amides is 1. The van der Waals surface area contributed by atoms with Gasteiger partial charge in [0, 0.05) is 21.4 Å². The highest BCUT2D eigenvalue weighted by Crippen LogP contribution is 2.29. The van der Waals surface area contributed by atoms with Crippen LogP contribution in [0.2, 0.25) is 5.02 Å². The van der Waals surface area contributed by atoms with E-state index in [4.69, 9.17) is 11.6 Å². The standard InChI is InChI=1S/C21H15ClN4OS/c1-13-24-14(12-28-13)11-23-26-21(27)17-10-20(16-7-2-4-8-18(16)22)25-19-9-5-3-6-15(17)19/h2-12H,1H3,(H,26,27)/b23-11-. The van der Waals surface area contributed by atoms with E-state index in [2.05, 4.69) is 20.5 Å². The topological polar surface area (TPSA) is 67.2 Å². The maximum absolute atomic E-state index is 12.8. The van der Waals surface area contributed by atoms with Crippen LogP contribution in [-0.2, 0) is 0 Å². The van der Waals surface area contributed by atoms with Crippen LogP contribution in [-0.4, -0.2) is 22.1 Å². The van der Waals surface area contributed by atoms with Crippen LogP contribution < -0.4 is 5.43 Å².